The van der Waals surface area contributed by atoms with Gasteiger partial charge in [0.15, 0.2) is 0 Å². The van der Waals surface area contributed by atoms with Gasteiger partial charge >= 0.3 is 0 Å². The number of likely N-dealkylation sites (N-methyl/N-ethyl adjacent to an activating group) is 1. The first-order valence-electron chi connectivity index (χ1n) is 6.78. The van der Waals surface area contributed by atoms with E-state index in [0.29, 0.717) is 6.61 Å². The first kappa shape index (κ1) is 13.4. The number of nitrogens with one attached hydrogen (secondary N) is 1. The summed E-state index contributed by atoms with van der Waals surface area (Å²) < 4.78 is 11.6. The molecule has 18 heavy (non-hydrogen) atoms. The van der Waals surface area contributed by atoms with E-state index in [-0.39, 0.29) is 12.1 Å². The summed E-state index contributed by atoms with van der Waals surface area (Å²) in [6.07, 6.45) is 2.53. The summed E-state index contributed by atoms with van der Waals surface area (Å²) in [6.45, 7) is 5.70. The second kappa shape index (κ2) is 6.21. The number of ether oxygens (including phenoxy) is 2. The number of hydrogen-bond acceptors (Lipinski definition) is 3. The van der Waals surface area contributed by atoms with Crippen molar-refractivity contribution in [2.45, 2.75) is 38.8 Å². The molecule has 1 heterocycles. The highest BCUT2D eigenvalue weighted by atomic mass is 16.5. The van der Waals surface area contributed by atoms with Crippen LogP contribution in [-0.2, 0) is 4.74 Å². The number of hydrogen-bond donors (Lipinski definition) is 1. The topological polar surface area (TPSA) is 30.5 Å². The second-order valence-electron chi connectivity index (χ2n) is 4.79. The first-order chi connectivity index (χ1) is 8.76. The molecule has 0 saturated carbocycles. The zero-order valence-corrected chi connectivity index (χ0v) is 11.5. The van der Waals surface area contributed by atoms with Crippen molar-refractivity contribution >= 4 is 0 Å². The highest BCUT2D eigenvalue weighted by molar-refractivity contribution is 5.40. The molecule has 1 N–H and O–H groups in total. The summed E-state index contributed by atoms with van der Waals surface area (Å²) >= 11 is 0. The van der Waals surface area contributed by atoms with Gasteiger partial charge < -0.3 is 14.8 Å². The lowest BCUT2D eigenvalue weighted by atomic mass is 9.97. The van der Waals surface area contributed by atoms with E-state index in [1.165, 1.54) is 11.1 Å². The largest absolute Gasteiger partial charge is 0.494 e. The Labute approximate surface area is 109 Å². The molecule has 2 rings (SSSR count). The lowest BCUT2D eigenvalue weighted by Gasteiger charge is -2.25. The maximum Gasteiger partial charge on any atom is 0.124 e. The van der Waals surface area contributed by atoms with Gasteiger partial charge in [-0.15, -0.1) is 0 Å². The number of aryl methyl sites for hydroxylation is 1. The van der Waals surface area contributed by atoms with E-state index in [1.807, 2.05) is 14.0 Å². The van der Waals surface area contributed by atoms with Crippen molar-refractivity contribution in [3.8, 4) is 5.75 Å². The third-order valence-electron chi connectivity index (χ3n) is 3.45. The van der Waals surface area contributed by atoms with Gasteiger partial charge in [-0.2, -0.15) is 0 Å². The molecule has 1 saturated heterocycles. The Balaban J connectivity index is 2.29. The molecule has 100 valence electrons. The van der Waals surface area contributed by atoms with Crippen LogP contribution < -0.4 is 10.1 Å². The number of rotatable bonds is 5. The van der Waals surface area contributed by atoms with Crippen LogP contribution >= 0.6 is 0 Å². The fourth-order valence-corrected chi connectivity index (χ4v) is 2.60. The minimum Gasteiger partial charge on any atom is -0.494 e. The van der Waals surface area contributed by atoms with Gasteiger partial charge in [-0.05, 0) is 39.8 Å². The summed E-state index contributed by atoms with van der Waals surface area (Å²) in [5.41, 5.74) is 2.47. The zero-order chi connectivity index (χ0) is 13.0. The Morgan fingerprint density at radius 3 is 2.94 bits per heavy atom. The molecule has 3 heteroatoms. The molecular formula is C15H23NO2. The average Bonchev–Trinajstić information content (AvgIpc) is 2.87. The Morgan fingerprint density at radius 2 is 2.33 bits per heavy atom. The van der Waals surface area contributed by atoms with Crippen molar-refractivity contribution in [2.24, 2.45) is 0 Å². The highest BCUT2D eigenvalue weighted by Crippen LogP contribution is 2.33. The fourth-order valence-electron chi connectivity index (χ4n) is 2.60. The van der Waals surface area contributed by atoms with E-state index in [9.17, 15) is 0 Å². The van der Waals surface area contributed by atoms with Crippen LogP contribution in [0.1, 0.15) is 36.9 Å². The third kappa shape index (κ3) is 2.85. The van der Waals surface area contributed by atoms with Gasteiger partial charge in [0.05, 0.1) is 18.8 Å². The van der Waals surface area contributed by atoms with Crippen LogP contribution in [0.3, 0.4) is 0 Å². The molecule has 1 aliphatic heterocycles. The molecule has 1 aromatic rings. The highest BCUT2D eigenvalue weighted by Gasteiger charge is 2.28. The Morgan fingerprint density at radius 1 is 1.50 bits per heavy atom. The Hall–Kier alpha value is -1.06. The molecule has 0 aromatic heterocycles. The van der Waals surface area contributed by atoms with Crippen LogP contribution in [0.5, 0.6) is 5.75 Å². The molecule has 0 spiro atoms. The monoisotopic (exact) mass is 249 g/mol. The molecule has 1 fully saturated rings. The molecular weight excluding hydrogens is 226 g/mol. The second-order valence-corrected chi connectivity index (χ2v) is 4.79. The van der Waals surface area contributed by atoms with Crippen molar-refractivity contribution in [3.05, 3.63) is 29.3 Å². The lowest BCUT2D eigenvalue weighted by molar-refractivity contribution is 0.0797. The molecule has 0 radical (unpaired) electrons. The standard InChI is InChI=1S/C15H23NO2/c1-4-17-13-8-7-11(2)10-12(13)15(16-3)14-6-5-9-18-14/h7-8,10,14-16H,4-6,9H2,1-3H3. The smallest absolute Gasteiger partial charge is 0.124 e. The predicted octanol–water partition coefficient (Wildman–Crippen LogP) is 2.83. The van der Waals surface area contributed by atoms with Crippen LogP contribution in [-0.4, -0.2) is 26.4 Å². The minimum atomic E-state index is 0.217. The Kier molecular flexibility index (Phi) is 4.61. The molecule has 2 unspecified atom stereocenters. The summed E-state index contributed by atoms with van der Waals surface area (Å²) in [4.78, 5) is 0. The summed E-state index contributed by atoms with van der Waals surface area (Å²) in [6, 6.07) is 6.58. The van der Waals surface area contributed by atoms with Crippen molar-refractivity contribution in [1.82, 2.24) is 5.32 Å². The lowest BCUT2D eigenvalue weighted by Crippen LogP contribution is -2.29. The SMILES string of the molecule is CCOc1ccc(C)cc1C(NC)C1CCCO1. The van der Waals surface area contributed by atoms with Crippen molar-refractivity contribution < 1.29 is 9.47 Å². The fraction of sp³-hybridized carbons (Fsp3) is 0.600. The quantitative estimate of drug-likeness (QED) is 0.870. The van der Waals surface area contributed by atoms with Crippen molar-refractivity contribution in [2.75, 3.05) is 20.3 Å². The van der Waals surface area contributed by atoms with E-state index < -0.39 is 0 Å². The van der Waals surface area contributed by atoms with E-state index in [1.54, 1.807) is 0 Å². The van der Waals surface area contributed by atoms with Gasteiger partial charge in [0, 0.05) is 12.2 Å². The average molecular weight is 249 g/mol. The maximum absolute atomic E-state index is 5.82. The van der Waals surface area contributed by atoms with E-state index in [0.717, 1.165) is 25.2 Å². The first-order valence-corrected chi connectivity index (χ1v) is 6.78. The third-order valence-corrected chi connectivity index (χ3v) is 3.45. The molecule has 0 amide bonds. The van der Waals surface area contributed by atoms with E-state index >= 15 is 0 Å². The molecule has 3 nitrogen and oxygen atoms in total. The van der Waals surface area contributed by atoms with Crippen LogP contribution in [0.25, 0.3) is 0 Å². The molecule has 0 aliphatic carbocycles. The number of benzene rings is 1. The van der Waals surface area contributed by atoms with Gasteiger partial charge in [-0.25, -0.2) is 0 Å². The predicted molar refractivity (Wildman–Crippen MR) is 73.1 cm³/mol. The van der Waals surface area contributed by atoms with Crippen LogP contribution in [0.2, 0.25) is 0 Å². The zero-order valence-electron chi connectivity index (χ0n) is 11.5. The van der Waals surface area contributed by atoms with Crippen molar-refractivity contribution in [1.29, 1.82) is 0 Å². The summed E-state index contributed by atoms with van der Waals surface area (Å²) in [5, 5.41) is 3.38. The van der Waals surface area contributed by atoms with Gasteiger partial charge in [0.2, 0.25) is 0 Å². The molecule has 0 bridgehead atoms. The van der Waals surface area contributed by atoms with Gasteiger partial charge in [0.1, 0.15) is 5.75 Å². The van der Waals surface area contributed by atoms with Crippen LogP contribution in [0, 0.1) is 6.92 Å². The van der Waals surface area contributed by atoms with Crippen LogP contribution in [0.4, 0.5) is 0 Å². The molecule has 1 aromatic carbocycles. The van der Waals surface area contributed by atoms with Gasteiger partial charge in [-0.3, -0.25) is 0 Å². The van der Waals surface area contributed by atoms with Gasteiger partial charge in [-0.1, -0.05) is 17.7 Å². The summed E-state index contributed by atoms with van der Waals surface area (Å²) in [7, 11) is 1.99. The van der Waals surface area contributed by atoms with Crippen LogP contribution in [0.15, 0.2) is 18.2 Å². The van der Waals surface area contributed by atoms with Gasteiger partial charge in [0.25, 0.3) is 0 Å². The molecule has 2 atom stereocenters. The summed E-state index contributed by atoms with van der Waals surface area (Å²) in [5.74, 6) is 0.970. The Bertz CT molecular complexity index is 386. The maximum atomic E-state index is 5.82. The minimum absolute atomic E-state index is 0.217. The van der Waals surface area contributed by atoms with Crippen molar-refractivity contribution in [3.63, 3.8) is 0 Å². The molecule has 1 aliphatic rings. The van der Waals surface area contributed by atoms with E-state index in [4.69, 9.17) is 9.47 Å². The van der Waals surface area contributed by atoms with E-state index in [2.05, 4.69) is 30.4 Å². The normalized spacial score (nSPS) is 20.9.